The number of hydrogen-bond donors (Lipinski definition) is 1. The van der Waals surface area contributed by atoms with Crippen molar-refractivity contribution in [2.45, 2.75) is 71.5 Å². The molecule has 1 aromatic carbocycles. The van der Waals surface area contributed by atoms with Gasteiger partial charge in [0.1, 0.15) is 6.10 Å². The van der Waals surface area contributed by atoms with Crippen LogP contribution in [0, 0.1) is 5.41 Å². The summed E-state index contributed by atoms with van der Waals surface area (Å²) < 4.78 is 5.92. The number of ether oxygens (including phenoxy) is 1. The Hall–Kier alpha value is -0.860. The van der Waals surface area contributed by atoms with Gasteiger partial charge in [0.25, 0.3) is 0 Å². The Balaban J connectivity index is 1.78. The minimum atomic E-state index is -0.504. The lowest BCUT2D eigenvalue weighted by Gasteiger charge is -2.34. The Bertz CT molecular complexity index is 412. The van der Waals surface area contributed by atoms with Crippen LogP contribution in [0.4, 0.5) is 0 Å². The fraction of sp³-hybridized carbons (Fsp3) is 0.684. The van der Waals surface area contributed by atoms with E-state index >= 15 is 0 Å². The molecule has 1 aromatic rings. The first kappa shape index (κ1) is 16.5. The highest BCUT2D eigenvalue weighted by Crippen LogP contribution is 2.36. The monoisotopic (exact) mass is 290 g/mol. The first-order valence-corrected chi connectivity index (χ1v) is 8.39. The van der Waals surface area contributed by atoms with Crippen LogP contribution >= 0.6 is 0 Å². The van der Waals surface area contributed by atoms with Crippen molar-refractivity contribution in [2.75, 3.05) is 6.61 Å². The van der Waals surface area contributed by atoms with E-state index in [1.807, 2.05) is 12.1 Å². The Morgan fingerprint density at radius 3 is 2.38 bits per heavy atom. The van der Waals surface area contributed by atoms with E-state index in [1.165, 1.54) is 18.4 Å². The van der Waals surface area contributed by atoms with Gasteiger partial charge >= 0.3 is 0 Å². The van der Waals surface area contributed by atoms with Crippen molar-refractivity contribution in [3.05, 3.63) is 35.4 Å². The zero-order valence-corrected chi connectivity index (χ0v) is 13.8. The van der Waals surface area contributed by atoms with Crippen LogP contribution in [-0.4, -0.2) is 17.8 Å². The predicted molar refractivity (Wildman–Crippen MR) is 87.4 cm³/mol. The van der Waals surface area contributed by atoms with Crippen LogP contribution < -0.4 is 0 Å². The van der Waals surface area contributed by atoms with E-state index in [2.05, 4.69) is 32.9 Å². The van der Waals surface area contributed by atoms with Crippen molar-refractivity contribution in [1.82, 2.24) is 0 Å². The quantitative estimate of drug-likeness (QED) is 0.825. The fourth-order valence-corrected chi connectivity index (χ4v) is 3.06. The van der Waals surface area contributed by atoms with Crippen LogP contribution in [0.1, 0.15) is 70.1 Å². The second-order valence-electron chi connectivity index (χ2n) is 7.20. The molecule has 21 heavy (non-hydrogen) atoms. The van der Waals surface area contributed by atoms with Gasteiger partial charge in [0, 0.05) is 0 Å². The zero-order chi connectivity index (χ0) is 15.3. The maximum Gasteiger partial charge on any atom is 0.102 e. The molecule has 1 fully saturated rings. The van der Waals surface area contributed by atoms with Gasteiger partial charge in [-0.1, -0.05) is 51.5 Å². The van der Waals surface area contributed by atoms with Crippen LogP contribution in [0.25, 0.3) is 0 Å². The number of hydrogen-bond acceptors (Lipinski definition) is 2. The Labute approximate surface area is 129 Å². The highest BCUT2D eigenvalue weighted by Gasteiger charge is 2.27. The van der Waals surface area contributed by atoms with Gasteiger partial charge in [0.2, 0.25) is 0 Å². The summed E-state index contributed by atoms with van der Waals surface area (Å²) in [6.45, 7) is 7.26. The second kappa shape index (κ2) is 7.42. The fourth-order valence-electron chi connectivity index (χ4n) is 3.06. The zero-order valence-electron chi connectivity index (χ0n) is 13.8. The van der Waals surface area contributed by atoms with Crippen molar-refractivity contribution in [3.8, 4) is 0 Å². The lowest BCUT2D eigenvalue weighted by Crippen LogP contribution is -2.27. The van der Waals surface area contributed by atoms with Crippen LogP contribution in [0.3, 0.4) is 0 Å². The molecule has 2 heteroatoms. The molecular formula is C19H30O2. The standard InChI is InChI=1S/C19H30O2/c1-4-5-15-6-8-16(9-7-15)18(20)14-21-17-10-12-19(2,3)13-11-17/h6-9,17-18,20H,4-5,10-14H2,1-3H3. The van der Waals surface area contributed by atoms with Gasteiger partial charge in [0.05, 0.1) is 12.7 Å². The highest BCUT2D eigenvalue weighted by molar-refractivity contribution is 5.24. The molecule has 1 aliphatic carbocycles. The van der Waals surface area contributed by atoms with Crippen molar-refractivity contribution < 1.29 is 9.84 Å². The summed E-state index contributed by atoms with van der Waals surface area (Å²) in [5.41, 5.74) is 2.77. The Morgan fingerprint density at radius 1 is 1.19 bits per heavy atom. The number of aliphatic hydroxyl groups excluding tert-OH is 1. The van der Waals surface area contributed by atoms with Crippen LogP contribution in [0.5, 0.6) is 0 Å². The summed E-state index contributed by atoms with van der Waals surface area (Å²) in [5.74, 6) is 0. The van der Waals surface area contributed by atoms with E-state index in [-0.39, 0.29) is 0 Å². The summed E-state index contributed by atoms with van der Waals surface area (Å²) in [6.07, 6.45) is 6.76. The van der Waals surface area contributed by atoms with Crippen molar-refractivity contribution >= 4 is 0 Å². The molecule has 0 spiro atoms. The van der Waals surface area contributed by atoms with Crippen LogP contribution in [-0.2, 0) is 11.2 Å². The molecule has 0 bridgehead atoms. The molecule has 0 radical (unpaired) electrons. The molecule has 0 saturated heterocycles. The molecule has 118 valence electrons. The van der Waals surface area contributed by atoms with Crippen molar-refractivity contribution in [3.63, 3.8) is 0 Å². The molecule has 2 rings (SSSR count). The molecule has 2 nitrogen and oxygen atoms in total. The Kier molecular flexibility index (Phi) is 5.83. The lowest BCUT2D eigenvalue weighted by molar-refractivity contribution is -0.0380. The molecule has 1 N–H and O–H groups in total. The number of benzene rings is 1. The maximum atomic E-state index is 10.2. The normalized spacial score (nSPS) is 20.4. The number of aryl methyl sites for hydroxylation is 1. The van der Waals surface area contributed by atoms with Gasteiger partial charge in [-0.3, -0.25) is 0 Å². The third kappa shape index (κ3) is 5.12. The minimum Gasteiger partial charge on any atom is -0.386 e. The van der Waals surface area contributed by atoms with Crippen LogP contribution in [0.15, 0.2) is 24.3 Å². The molecule has 0 amide bonds. The molecule has 1 saturated carbocycles. The SMILES string of the molecule is CCCc1ccc(C(O)COC2CCC(C)(C)CC2)cc1. The molecule has 0 aliphatic heterocycles. The van der Waals surface area contributed by atoms with E-state index < -0.39 is 6.10 Å². The van der Waals surface area contributed by atoms with Gasteiger partial charge < -0.3 is 9.84 Å². The van der Waals surface area contributed by atoms with Crippen molar-refractivity contribution in [1.29, 1.82) is 0 Å². The first-order valence-electron chi connectivity index (χ1n) is 8.39. The van der Waals surface area contributed by atoms with Gasteiger partial charge in [-0.05, 0) is 48.6 Å². The smallest absolute Gasteiger partial charge is 0.102 e. The topological polar surface area (TPSA) is 29.5 Å². The summed E-state index contributed by atoms with van der Waals surface area (Å²) in [5, 5.41) is 10.2. The highest BCUT2D eigenvalue weighted by atomic mass is 16.5. The summed E-state index contributed by atoms with van der Waals surface area (Å²) >= 11 is 0. The largest absolute Gasteiger partial charge is 0.386 e. The number of aliphatic hydroxyl groups is 1. The van der Waals surface area contributed by atoms with Gasteiger partial charge in [0.15, 0.2) is 0 Å². The molecular weight excluding hydrogens is 260 g/mol. The van der Waals surface area contributed by atoms with Gasteiger partial charge in [-0.15, -0.1) is 0 Å². The Morgan fingerprint density at radius 2 is 1.81 bits per heavy atom. The summed E-state index contributed by atoms with van der Waals surface area (Å²) in [7, 11) is 0. The lowest BCUT2D eigenvalue weighted by atomic mass is 9.76. The van der Waals surface area contributed by atoms with Crippen LogP contribution in [0.2, 0.25) is 0 Å². The molecule has 1 atom stereocenters. The van der Waals surface area contributed by atoms with E-state index in [0.717, 1.165) is 31.2 Å². The van der Waals surface area contributed by atoms with E-state index in [1.54, 1.807) is 0 Å². The average Bonchev–Trinajstić information content (AvgIpc) is 2.47. The number of rotatable bonds is 6. The average molecular weight is 290 g/mol. The third-order valence-electron chi connectivity index (χ3n) is 4.68. The molecule has 0 heterocycles. The van der Waals surface area contributed by atoms with Gasteiger partial charge in [-0.25, -0.2) is 0 Å². The molecule has 1 aliphatic rings. The summed E-state index contributed by atoms with van der Waals surface area (Å²) in [6, 6.07) is 8.29. The predicted octanol–water partition coefficient (Wildman–Crippen LogP) is 4.66. The third-order valence-corrected chi connectivity index (χ3v) is 4.68. The van der Waals surface area contributed by atoms with E-state index in [0.29, 0.717) is 18.1 Å². The van der Waals surface area contributed by atoms with Crippen molar-refractivity contribution in [2.24, 2.45) is 5.41 Å². The minimum absolute atomic E-state index is 0.326. The first-order chi connectivity index (χ1) is 10.00. The van der Waals surface area contributed by atoms with Gasteiger partial charge in [-0.2, -0.15) is 0 Å². The second-order valence-corrected chi connectivity index (χ2v) is 7.20. The maximum absolute atomic E-state index is 10.2. The summed E-state index contributed by atoms with van der Waals surface area (Å²) in [4.78, 5) is 0. The molecule has 0 aromatic heterocycles. The molecule has 1 unspecified atom stereocenters. The van der Waals surface area contributed by atoms with E-state index in [4.69, 9.17) is 4.74 Å². The van der Waals surface area contributed by atoms with E-state index in [9.17, 15) is 5.11 Å².